The summed E-state index contributed by atoms with van der Waals surface area (Å²) in [6.07, 6.45) is 1.72. The van der Waals surface area contributed by atoms with Gasteiger partial charge in [-0.1, -0.05) is 48.0 Å². The SMILES string of the molecule is Cc1cccc(C=c2c(=O)[nH]c(O)c3c2=NN(c2ccccc2)C3=N)c1. The van der Waals surface area contributed by atoms with Crippen molar-refractivity contribution < 1.29 is 5.11 Å². The molecule has 2 heterocycles. The lowest BCUT2D eigenvalue weighted by molar-refractivity contribution is 0.449. The van der Waals surface area contributed by atoms with E-state index in [2.05, 4.69) is 10.1 Å². The first kappa shape index (κ1) is 15.8. The van der Waals surface area contributed by atoms with Crippen molar-refractivity contribution in [3.63, 3.8) is 0 Å². The van der Waals surface area contributed by atoms with Crippen molar-refractivity contribution in [2.75, 3.05) is 5.01 Å². The highest BCUT2D eigenvalue weighted by molar-refractivity contribution is 6.10. The molecule has 0 spiro atoms. The Labute approximate surface area is 148 Å². The molecule has 4 rings (SSSR count). The highest BCUT2D eigenvalue weighted by atomic mass is 16.3. The lowest BCUT2D eigenvalue weighted by atomic mass is 10.1. The van der Waals surface area contributed by atoms with Gasteiger partial charge < -0.3 is 5.11 Å². The van der Waals surface area contributed by atoms with Crippen LogP contribution in [0.5, 0.6) is 5.88 Å². The van der Waals surface area contributed by atoms with Gasteiger partial charge in [0.25, 0.3) is 5.56 Å². The van der Waals surface area contributed by atoms with E-state index in [4.69, 9.17) is 5.41 Å². The largest absolute Gasteiger partial charge is 0.494 e. The van der Waals surface area contributed by atoms with Gasteiger partial charge in [-0.3, -0.25) is 15.2 Å². The average molecular weight is 344 g/mol. The number of rotatable bonds is 2. The summed E-state index contributed by atoms with van der Waals surface area (Å²) in [5.41, 5.74) is 2.37. The zero-order valence-electron chi connectivity index (χ0n) is 14.0. The van der Waals surface area contributed by atoms with Crippen LogP contribution in [0.1, 0.15) is 16.7 Å². The van der Waals surface area contributed by atoms with E-state index in [-0.39, 0.29) is 17.3 Å². The van der Waals surface area contributed by atoms with Crippen molar-refractivity contribution in [2.45, 2.75) is 6.92 Å². The molecule has 2 aromatic carbocycles. The number of para-hydroxylation sites is 1. The first-order valence-electron chi connectivity index (χ1n) is 8.11. The molecule has 128 valence electrons. The Kier molecular flexibility index (Phi) is 3.65. The van der Waals surface area contributed by atoms with Gasteiger partial charge in [0.05, 0.1) is 10.9 Å². The Bertz CT molecular complexity index is 1200. The number of amidine groups is 1. The van der Waals surface area contributed by atoms with Gasteiger partial charge >= 0.3 is 0 Å². The smallest absolute Gasteiger partial charge is 0.260 e. The van der Waals surface area contributed by atoms with Crippen molar-refractivity contribution in [2.24, 2.45) is 5.10 Å². The van der Waals surface area contributed by atoms with Crippen molar-refractivity contribution >= 4 is 17.6 Å². The van der Waals surface area contributed by atoms with Crippen molar-refractivity contribution in [3.8, 4) is 5.88 Å². The van der Waals surface area contributed by atoms with Crippen LogP contribution < -0.4 is 21.1 Å². The summed E-state index contributed by atoms with van der Waals surface area (Å²) in [5, 5.41) is 25.0. The second-order valence-corrected chi connectivity index (χ2v) is 6.09. The maximum absolute atomic E-state index is 12.4. The number of anilines is 1. The molecule has 3 N–H and O–H groups in total. The minimum atomic E-state index is -0.450. The molecule has 26 heavy (non-hydrogen) atoms. The molecule has 0 saturated heterocycles. The fourth-order valence-corrected chi connectivity index (χ4v) is 2.99. The summed E-state index contributed by atoms with van der Waals surface area (Å²) < 4.78 is 0. The summed E-state index contributed by atoms with van der Waals surface area (Å²) in [7, 11) is 0. The van der Waals surface area contributed by atoms with Gasteiger partial charge in [-0.25, -0.2) is 5.01 Å². The zero-order valence-corrected chi connectivity index (χ0v) is 14.0. The average Bonchev–Trinajstić information content (AvgIpc) is 2.97. The van der Waals surface area contributed by atoms with E-state index in [0.29, 0.717) is 16.3 Å². The molecule has 1 aliphatic rings. The number of aromatic nitrogens is 1. The molecule has 6 nitrogen and oxygen atoms in total. The lowest BCUT2D eigenvalue weighted by Crippen LogP contribution is -2.42. The fraction of sp³-hybridized carbons (Fsp3) is 0.0500. The second-order valence-electron chi connectivity index (χ2n) is 6.09. The molecule has 0 fully saturated rings. The van der Waals surface area contributed by atoms with Crippen LogP contribution in [-0.4, -0.2) is 15.9 Å². The first-order chi connectivity index (χ1) is 12.5. The Balaban J connectivity index is 2.00. The number of aromatic hydroxyl groups is 1. The lowest BCUT2D eigenvalue weighted by Gasteiger charge is -2.13. The molecule has 1 aromatic heterocycles. The number of nitrogens with one attached hydrogen (secondary N) is 2. The molecule has 0 amide bonds. The highest BCUT2D eigenvalue weighted by Crippen LogP contribution is 2.21. The third kappa shape index (κ3) is 2.57. The fourth-order valence-electron chi connectivity index (χ4n) is 2.99. The summed E-state index contributed by atoms with van der Waals surface area (Å²) in [6, 6.07) is 16.9. The molecule has 6 heteroatoms. The molecular weight excluding hydrogens is 328 g/mol. The Hall–Kier alpha value is -3.67. The van der Waals surface area contributed by atoms with E-state index < -0.39 is 5.56 Å². The number of aryl methyl sites for hydroxylation is 1. The second kappa shape index (κ2) is 6.00. The normalized spacial score (nSPS) is 13.7. The van der Waals surface area contributed by atoms with Crippen LogP contribution in [0, 0.1) is 12.3 Å². The minimum absolute atomic E-state index is 0.0128. The molecule has 0 unspecified atom stereocenters. The number of pyridine rings is 1. The van der Waals surface area contributed by atoms with Crippen molar-refractivity contribution in [1.82, 2.24) is 4.98 Å². The van der Waals surface area contributed by atoms with Crippen LogP contribution >= 0.6 is 0 Å². The zero-order chi connectivity index (χ0) is 18.3. The van der Waals surface area contributed by atoms with Crippen LogP contribution in [0.15, 0.2) is 64.5 Å². The number of nitrogens with zero attached hydrogens (tertiary/aromatic N) is 2. The van der Waals surface area contributed by atoms with Gasteiger partial charge in [0.1, 0.15) is 10.9 Å². The number of H-pyrrole nitrogens is 1. The number of aromatic amines is 1. The van der Waals surface area contributed by atoms with Gasteiger partial charge in [0.2, 0.25) is 5.88 Å². The third-order valence-corrected chi connectivity index (χ3v) is 4.21. The molecule has 0 aliphatic carbocycles. The summed E-state index contributed by atoms with van der Waals surface area (Å²) in [4.78, 5) is 14.9. The van der Waals surface area contributed by atoms with Gasteiger partial charge in [0.15, 0.2) is 5.84 Å². The van der Waals surface area contributed by atoms with Crippen molar-refractivity contribution in [1.29, 1.82) is 5.41 Å². The highest BCUT2D eigenvalue weighted by Gasteiger charge is 2.26. The van der Waals surface area contributed by atoms with Crippen LogP contribution in [0.4, 0.5) is 5.69 Å². The van der Waals surface area contributed by atoms with E-state index in [1.807, 2.05) is 61.5 Å². The van der Waals surface area contributed by atoms with Gasteiger partial charge in [-0.2, -0.15) is 5.10 Å². The molecule has 0 saturated carbocycles. The summed E-state index contributed by atoms with van der Waals surface area (Å²) in [5.74, 6) is -0.336. The molecule has 0 radical (unpaired) electrons. The van der Waals surface area contributed by atoms with Crippen molar-refractivity contribution in [3.05, 3.63) is 92.2 Å². The van der Waals surface area contributed by atoms with E-state index in [1.54, 1.807) is 6.08 Å². The Morgan fingerprint density at radius 2 is 1.92 bits per heavy atom. The first-order valence-corrected chi connectivity index (χ1v) is 8.11. The van der Waals surface area contributed by atoms with E-state index in [1.165, 1.54) is 5.01 Å². The molecule has 0 bridgehead atoms. The predicted molar refractivity (Wildman–Crippen MR) is 100 cm³/mol. The predicted octanol–water partition coefficient (Wildman–Crippen LogP) is 1.60. The monoisotopic (exact) mass is 344 g/mol. The van der Waals surface area contributed by atoms with E-state index >= 15 is 0 Å². The maximum Gasteiger partial charge on any atom is 0.260 e. The maximum atomic E-state index is 12.4. The number of hydrogen-bond donors (Lipinski definition) is 3. The van der Waals surface area contributed by atoms with E-state index in [9.17, 15) is 9.90 Å². The Morgan fingerprint density at radius 1 is 1.15 bits per heavy atom. The molecule has 1 aliphatic heterocycles. The van der Waals surface area contributed by atoms with Gasteiger partial charge in [-0.05, 0) is 30.7 Å². The summed E-state index contributed by atoms with van der Waals surface area (Å²) in [6.45, 7) is 1.97. The molecule has 0 atom stereocenters. The Morgan fingerprint density at radius 3 is 2.65 bits per heavy atom. The topological polar surface area (TPSA) is 92.5 Å². The minimum Gasteiger partial charge on any atom is -0.494 e. The number of benzene rings is 2. The number of hydrogen-bond acceptors (Lipinski definition) is 4. The standard InChI is InChI=1S/C20H16N4O2/c1-12-6-5-7-13(10-12)11-15-17-16(20(26)22-19(15)25)18(21)24(23-17)14-8-3-2-4-9-14/h2-11,21,26H,1H3,(H,22,25). The molecular formula is C20H16N4O2. The van der Waals surface area contributed by atoms with Crippen LogP contribution in [-0.2, 0) is 0 Å². The van der Waals surface area contributed by atoms with Crippen LogP contribution in [0.2, 0.25) is 0 Å². The number of fused-ring (bicyclic) bond motifs is 1. The third-order valence-electron chi connectivity index (χ3n) is 4.21. The van der Waals surface area contributed by atoms with Gasteiger partial charge in [0, 0.05) is 0 Å². The quantitative estimate of drug-likeness (QED) is 0.659. The van der Waals surface area contributed by atoms with E-state index in [0.717, 1.165) is 11.1 Å². The summed E-state index contributed by atoms with van der Waals surface area (Å²) >= 11 is 0. The van der Waals surface area contributed by atoms with Crippen LogP contribution in [0.25, 0.3) is 6.08 Å². The van der Waals surface area contributed by atoms with Crippen LogP contribution in [0.3, 0.4) is 0 Å². The molecule has 3 aromatic rings. The van der Waals surface area contributed by atoms with Gasteiger partial charge in [-0.15, -0.1) is 0 Å².